The van der Waals surface area contributed by atoms with Crippen LogP contribution in [0.15, 0.2) is 73.2 Å². The first kappa shape index (κ1) is 17.6. The van der Waals surface area contributed by atoms with Gasteiger partial charge in [0, 0.05) is 0 Å². The van der Waals surface area contributed by atoms with Gasteiger partial charge in [-0.25, -0.2) is 0 Å². The molecule has 3 nitrogen and oxygen atoms in total. The number of hydrogen-bond acceptors (Lipinski definition) is 2. The van der Waals surface area contributed by atoms with Crippen molar-refractivity contribution in [1.82, 2.24) is 0 Å². The van der Waals surface area contributed by atoms with Crippen molar-refractivity contribution in [2.24, 2.45) is 0 Å². The predicted octanol–water partition coefficient (Wildman–Crippen LogP) is 4.55. The van der Waals surface area contributed by atoms with Crippen LogP contribution in [0.3, 0.4) is 0 Å². The van der Waals surface area contributed by atoms with Gasteiger partial charge in [-0.15, -0.1) is 0 Å². The van der Waals surface area contributed by atoms with E-state index in [0.717, 1.165) is 11.1 Å². The molecule has 0 unspecified atom stereocenters. The maximum atomic E-state index is 10.7. The van der Waals surface area contributed by atoms with Crippen molar-refractivity contribution >= 4 is 28.3 Å². The van der Waals surface area contributed by atoms with Gasteiger partial charge in [0.1, 0.15) is 4.90 Å². The smallest absolute Gasteiger partial charge is 0.282 e. The number of rotatable bonds is 4. The molecule has 0 aliphatic heterocycles. The molecule has 0 saturated carbocycles. The molecule has 22 heavy (non-hydrogen) atoms. The Morgan fingerprint density at radius 2 is 1.09 bits per heavy atom. The number of benzene rings is 2. The van der Waals surface area contributed by atoms with E-state index in [1.807, 2.05) is 36.4 Å². The molecule has 2 rings (SSSR count). The molecule has 0 atom stereocenters. The standard InChI is InChI=1S/C10H10.C8H8O3S/c1-3-9-7-5-6-8-10(9)4-2;1-2-7-5-3-4-6-8(7)12(9,10)11/h3-8H,1-2H2;2-6H,1H2,(H,9,10,11). The Kier molecular flexibility index (Phi) is 6.50. The second-order valence-electron chi connectivity index (χ2n) is 4.25. The van der Waals surface area contributed by atoms with Crippen molar-refractivity contribution in [3.63, 3.8) is 0 Å². The van der Waals surface area contributed by atoms with E-state index < -0.39 is 10.1 Å². The largest absolute Gasteiger partial charge is 0.295 e. The van der Waals surface area contributed by atoms with Crippen LogP contribution in [-0.2, 0) is 10.1 Å². The average molecular weight is 314 g/mol. The highest BCUT2D eigenvalue weighted by molar-refractivity contribution is 7.85. The zero-order chi connectivity index (χ0) is 16.6. The van der Waals surface area contributed by atoms with Crippen LogP contribution < -0.4 is 0 Å². The molecule has 0 aromatic heterocycles. The van der Waals surface area contributed by atoms with Crippen molar-refractivity contribution in [1.29, 1.82) is 0 Å². The van der Waals surface area contributed by atoms with Crippen LogP contribution in [0, 0.1) is 0 Å². The first-order valence-electron chi connectivity index (χ1n) is 6.47. The van der Waals surface area contributed by atoms with Gasteiger partial charge in [-0.3, -0.25) is 4.55 Å². The highest BCUT2D eigenvalue weighted by Crippen LogP contribution is 2.15. The van der Waals surface area contributed by atoms with Crippen molar-refractivity contribution in [3.8, 4) is 0 Å². The van der Waals surface area contributed by atoms with E-state index in [4.69, 9.17) is 4.55 Å². The lowest BCUT2D eigenvalue weighted by atomic mass is 10.1. The molecule has 0 bridgehead atoms. The van der Waals surface area contributed by atoms with Gasteiger partial charge in [-0.2, -0.15) is 8.42 Å². The fourth-order valence-corrected chi connectivity index (χ4v) is 2.47. The zero-order valence-corrected chi connectivity index (χ0v) is 13.0. The summed E-state index contributed by atoms with van der Waals surface area (Å²) in [5.41, 5.74) is 2.68. The van der Waals surface area contributed by atoms with Crippen LogP contribution >= 0.6 is 0 Å². The van der Waals surface area contributed by atoms with Crippen molar-refractivity contribution in [2.75, 3.05) is 0 Å². The Bertz CT molecular complexity index is 747. The van der Waals surface area contributed by atoms with Gasteiger partial charge in [0.15, 0.2) is 0 Å². The van der Waals surface area contributed by atoms with Gasteiger partial charge in [0.05, 0.1) is 0 Å². The highest BCUT2D eigenvalue weighted by atomic mass is 32.2. The molecular weight excluding hydrogens is 296 g/mol. The summed E-state index contributed by atoms with van der Waals surface area (Å²) < 4.78 is 30.2. The summed E-state index contributed by atoms with van der Waals surface area (Å²) in [4.78, 5) is -0.111. The monoisotopic (exact) mass is 314 g/mol. The Labute approximate surface area is 131 Å². The molecule has 0 spiro atoms. The fourth-order valence-electron chi connectivity index (χ4n) is 1.77. The van der Waals surface area contributed by atoms with E-state index in [1.165, 1.54) is 18.2 Å². The molecular formula is C18H18O3S. The normalized spacial score (nSPS) is 10.0. The lowest BCUT2D eigenvalue weighted by molar-refractivity contribution is 0.483. The molecule has 1 N–H and O–H groups in total. The first-order valence-corrected chi connectivity index (χ1v) is 7.91. The molecule has 0 amide bonds. The summed E-state index contributed by atoms with van der Waals surface area (Å²) in [5, 5.41) is 0. The van der Waals surface area contributed by atoms with Crippen LogP contribution in [-0.4, -0.2) is 13.0 Å². The SMILES string of the molecule is C=Cc1ccccc1C=C.C=Cc1ccccc1S(=O)(=O)O. The zero-order valence-electron chi connectivity index (χ0n) is 12.1. The third kappa shape index (κ3) is 4.84. The van der Waals surface area contributed by atoms with Gasteiger partial charge in [-0.05, 0) is 22.8 Å². The van der Waals surface area contributed by atoms with Gasteiger partial charge in [0.2, 0.25) is 0 Å². The maximum absolute atomic E-state index is 10.7. The summed E-state index contributed by atoms with van der Waals surface area (Å²) in [6, 6.07) is 14.1. The van der Waals surface area contributed by atoms with E-state index in [-0.39, 0.29) is 4.90 Å². The minimum atomic E-state index is -4.12. The van der Waals surface area contributed by atoms with Crippen LogP contribution in [0.4, 0.5) is 0 Å². The lowest BCUT2D eigenvalue weighted by Crippen LogP contribution is -1.99. The van der Waals surface area contributed by atoms with Crippen LogP contribution in [0.1, 0.15) is 16.7 Å². The molecule has 0 fully saturated rings. The topological polar surface area (TPSA) is 54.4 Å². The van der Waals surface area contributed by atoms with Crippen LogP contribution in [0.5, 0.6) is 0 Å². The first-order chi connectivity index (χ1) is 10.4. The average Bonchev–Trinajstić information content (AvgIpc) is 2.54. The third-order valence-electron chi connectivity index (χ3n) is 2.85. The maximum Gasteiger partial charge on any atom is 0.295 e. The van der Waals surface area contributed by atoms with Crippen molar-refractivity contribution in [2.45, 2.75) is 4.90 Å². The molecule has 0 aliphatic carbocycles. The van der Waals surface area contributed by atoms with Crippen molar-refractivity contribution < 1.29 is 13.0 Å². The molecule has 2 aromatic rings. The third-order valence-corrected chi connectivity index (χ3v) is 3.78. The minimum Gasteiger partial charge on any atom is -0.282 e. The van der Waals surface area contributed by atoms with Gasteiger partial charge in [-0.1, -0.05) is 80.4 Å². The van der Waals surface area contributed by atoms with E-state index in [0.29, 0.717) is 5.56 Å². The van der Waals surface area contributed by atoms with Crippen LogP contribution in [0.25, 0.3) is 18.2 Å². The highest BCUT2D eigenvalue weighted by Gasteiger charge is 2.11. The minimum absolute atomic E-state index is 0.111. The molecule has 114 valence electrons. The Morgan fingerprint density at radius 1 is 0.727 bits per heavy atom. The quantitative estimate of drug-likeness (QED) is 0.842. The van der Waals surface area contributed by atoms with Crippen LogP contribution in [0.2, 0.25) is 0 Å². The summed E-state index contributed by atoms with van der Waals surface area (Å²) in [5.74, 6) is 0. The fraction of sp³-hybridized carbons (Fsp3) is 0. The van der Waals surface area contributed by atoms with Crippen molar-refractivity contribution in [3.05, 3.63) is 85.0 Å². The molecule has 0 radical (unpaired) electrons. The predicted molar refractivity (Wildman–Crippen MR) is 93.0 cm³/mol. The van der Waals surface area contributed by atoms with E-state index in [2.05, 4.69) is 19.7 Å². The Hall–Kier alpha value is -2.43. The summed E-state index contributed by atoms with van der Waals surface area (Å²) in [6.45, 7) is 10.8. The summed E-state index contributed by atoms with van der Waals surface area (Å²) >= 11 is 0. The van der Waals surface area contributed by atoms with Gasteiger partial charge in [0.25, 0.3) is 10.1 Å². The summed E-state index contributed by atoms with van der Waals surface area (Å²) in [7, 11) is -4.12. The molecule has 2 aromatic carbocycles. The van der Waals surface area contributed by atoms with Gasteiger partial charge < -0.3 is 0 Å². The molecule has 0 heterocycles. The molecule has 0 saturated heterocycles. The Morgan fingerprint density at radius 3 is 1.41 bits per heavy atom. The second-order valence-corrected chi connectivity index (χ2v) is 5.64. The van der Waals surface area contributed by atoms with Gasteiger partial charge >= 0.3 is 0 Å². The summed E-state index contributed by atoms with van der Waals surface area (Å²) in [6.07, 6.45) is 5.04. The molecule has 0 aliphatic rings. The molecule has 4 heteroatoms. The second kappa shape index (κ2) is 8.12. The lowest BCUT2D eigenvalue weighted by Gasteiger charge is -2.00. The van der Waals surface area contributed by atoms with E-state index in [1.54, 1.807) is 12.1 Å². The van der Waals surface area contributed by atoms with E-state index >= 15 is 0 Å². The number of hydrogen-bond donors (Lipinski definition) is 1. The Balaban J connectivity index is 0.000000224. The van der Waals surface area contributed by atoms with E-state index in [9.17, 15) is 8.42 Å².